The zero-order valence-corrected chi connectivity index (χ0v) is 9.66. The minimum atomic E-state index is 0.0507. The van der Waals surface area contributed by atoms with Gasteiger partial charge >= 0.3 is 0 Å². The highest BCUT2D eigenvalue weighted by atomic mass is 16.5. The lowest BCUT2D eigenvalue weighted by atomic mass is 10.1. The quantitative estimate of drug-likeness (QED) is 0.690. The Balaban J connectivity index is 2.75. The third-order valence-electron chi connectivity index (χ3n) is 2.34. The number of hydrogen-bond acceptors (Lipinski definition) is 3. The van der Waals surface area contributed by atoms with Crippen LogP contribution in [0.3, 0.4) is 0 Å². The summed E-state index contributed by atoms with van der Waals surface area (Å²) in [5, 5.41) is 0. The van der Waals surface area contributed by atoms with E-state index in [1.807, 2.05) is 18.2 Å². The molecule has 0 amide bonds. The van der Waals surface area contributed by atoms with Gasteiger partial charge in [-0.15, -0.1) is 0 Å². The normalized spacial score (nSPS) is 9.62. The van der Waals surface area contributed by atoms with E-state index in [1.54, 1.807) is 14.2 Å². The largest absolute Gasteiger partial charge is 0.493 e. The fraction of sp³-hybridized carbons (Fsp3) is 0.308. The highest BCUT2D eigenvalue weighted by molar-refractivity contribution is 5.89. The van der Waals surface area contributed by atoms with Crippen LogP contribution in [0.4, 0.5) is 0 Å². The van der Waals surface area contributed by atoms with Gasteiger partial charge in [0.25, 0.3) is 0 Å². The smallest absolute Gasteiger partial charge is 0.160 e. The fourth-order valence-corrected chi connectivity index (χ4v) is 1.41. The maximum absolute atomic E-state index is 11.1. The number of benzene rings is 1. The maximum Gasteiger partial charge on any atom is 0.160 e. The Hall–Kier alpha value is -1.77. The molecule has 86 valence electrons. The Morgan fingerprint density at radius 2 is 2.00 bits per heavy atom. The first-order chi connectivity index (χ1) is 7.71. The first-order valence-electron chi connectivity index (χ1n) is 5.07. The molecule has 0 atom stereocenters. The molecular formula is C13H16O3. The van der Waals surface area contributed by atoms with E-state index < -0.39 is 0 Å². The van der Waals surface area contributed by atoms with Gasteiger partial charge in [0, 0.05) is 6.42 Å². The van der Waals surface area contributed by atoms with Crippen molar-refractivity contribution in [3.05, 3.63) is 36.4 Å². The summed E-state index contributed by atoms with van der Waals surface area (Å²) in [5.74, 6) is 1.43. The van der Waals surface area contributed by atoms with Gasteiger partial charge in [-0.3, -0.25) is 4.79 Å². The molecule has 1 aromatic carbocycles. The zero-order chi connectivity index (χ0) is 12.0. The molecular weight excluding hydrogens is 204 g/mol. The predicted octanol–water partition coefficient (Wildman–Crippen LogP) is 2.39. The molecule has 0 unspecified atom stereocenters. The van der Waals surface area contributed by atoms with Gasteiger partial charge in [-0.25, -0.2) is 0 Å². The molecule has 0 aliphatic rings. The second-order valence-electron chi connectivity index (χ2n) is 3.36. The molecule has 0 aliphatic carbocycles. The van der Waals surface area contributed by atoms with Crippen molar-refractivity contribution in [1.29, 1.82) is 0 Å². The SMILES string of the molecule is C=CC(=O)CCc1ccc(OC)c(OC)c1. The summed E-state index contributed by atoms with van der Waals surface area (Å²) in [6.45, 7) is 3.44. The van der Waals surface area contributed by atoms with Crippen LogP contribution in [0.2, 0.25) is 0 Å². The van der Waals surface area contributed by atoms with E-state index in [0.29, 0.717) is 24.3 Å². The number of methoxy groups -OCH3 is 2. The topological polar surface area (TPSA) is 35.5 Å². The number of aryl methyl sites for hydroxylation is 1. The number of hydrogen-bond donors (Lipinski definition) is 0. The van der Waals surface area contributed by atoms with Crippen molar-refractivity contribution in [1.82, 2.24) is 0 Å². The van der Waals surface area contributed by atoms with Crippen LogP contribution in [0.25, 0.3) is 0 Å². The minimum Gasteiger partial charge on any atom is -0.493 e. The molecule has 0 saturated heterocycles. The molecule has 0 aromatic heterocycles. The summed E-state index contributed by atoms with van der Waals surface area (Å²) < 4.78 is 10.3. The van der Waals surface area contributed by atoms with Gasteiger partial charge in [-0.1, -0.05) is 12.6 Å². The van der Waals surface area contributed by atoms with E-state index in [1.165, 1.54) is 6.08 Å². The lowest BCUT2D eigenvalue weighted by molar-refractivity contribution is -0.114. The van der Waals surface area contributed by atoms with Gasteiger partial charge in [0.15, 0.2) is 17.3 Å². The van der Waals surface area contributed by atoms with Crippen molar-refractivity contribution in [3.63, 3.8) is 0 Å². The minimum absolute atomic E-state index is 0.0507. The average molecular weight is 220 g/mol. The predicted molar refractivity (Wildman–Crippen MR) is 63.1 cm³/mol. The molecule has 3 heteroatoms. The lowest BCUT2D eigenvalue weighted by Crippen LogP contribution is -1.97. The number of carbonyl (C=O) groups is 1. The summed E-state index contributed by atoms with van der Waals surface area (Å²) in [4.78, 5) is 11.1. The van der Waals surface area contributed by atoms with Crippen LogP contribution in [-0.4, -0.2) is 20.0 Å². The van der Waals surface area contributed by atoms with E-state index in [9.17, 15) is 4.79 Å². The van der Waals surface area contributed by atoms with Crippen molar-refractivity contribution >= 4 is 5.78 Å². The van der Waals surface area contributed by atoms with Gasteiger partial charge in [0.05, 0.1) is 14.2 Å². The van der Waals surface area contributed by atoms with Crippen LogP contribution in [0, 0.1) is 0 Å². The van der Waals surface area contributed by atoms with Crippen LogP contribution < -0.4 is 9.47 Å². The van der Waals surface area contributed by atoms with Gasteiger partial charge < -0.3 is 9.47 Å². The molecule has 0 bridgehead atoms. The van der Waals surface area contributed by atoms with Gasteiger partial charge in [-0.2, -0.15) is 0 Å². The lowest BCUT2D eigenvalue weighted by Gasteiger charge is -2.08. The number of carbonyl (C=O) groups excluding carboxylic acids is 1. The summed E-state index contributed by atoms with van der Waals surface area (Å²) in [5.41, 5.74) is 1.05. The molecule has 3 nitrogen and oxygen atoms in total. The van der Waals surface area contributed by atoms with Crippen molar-refractivity contribution in [2.45, 2.75) is 12.8 Å². The Morgan fingerprint density at radius 1 is 1.31 bits per heavy atom. The summed E-state index contributed by atoms with van der Waals surface area (Å²) in [7, 11) is 3.19. The number of rotatable bonds is 6. The van der Waals surface area contributed by atoms with Gasteiger partial charge in [0.2, 0.25) is 0 Å². The molecule has 16 heavy (non-hydrogen) atoms. The van der Waals surface area contributed by atoms with E-state index >= 15 is 0 Å². The van der Waals surface area contributed by atoms with E-state index in [-0.39, 0.29) is 5.78 Å². The first-order valence-corrected chi connectivity index (χ1v) is 5.07. The highest BCUT2D eigenvalue weighted by Crippen LogP contribution is 2.27. The van der Waals surface area contributed by atoms with Crippen LogP contribution in [0.5, 0.6) is 11.5 Å². The molecule has 0 spiro atoms. The Bertz CT molecular complexity index is 383. The van der Waals surface area contributed by atoms with E-state index in [0.717, 1.165) is 5.56 Å². The van der Waals surface area contributed by atoms with E-state index in [4.69, 9.17) is 9.47 Å². The fourth-order valence-electron chi connectivity index (χ4n) is 1.41. The first kappa shape index (κ1) is 12.3. The molecule has 1 aromatic rings. The van der Waals surface area contributed by atoms with Gasteiger partial charge in [-0.05, 0) is 30.2 Å². The highest BCUT2D eigenvalue weighted by Gasteiger charge is 2.05. The number of ketones is 1. The monoisotopic (exact) mass is 220 g/mol. The van der Waals surface area contributed by atoms with Crippen LogP contribution >= 0.6 is 0 Å². The van der Waals surface area contributed by atoms with Crippen molar-refractivity contribution in [3.8, 4) is 11.5 Å². The molecule has 0 fully saturated rings. The summed E-state index contributed by atoms with van der Waals surface area (Å²) in [6.07, 6.45) is 2.50. The maximum atomic E-state index is 11.1. The Kier molecular flexibility index (Phi) is 4.58. The second kappa shape index (κ2) is 5.95. The third kappa shape index (κ3) is 3.12. The summed E-state index contributed by atoms with van der Waals surface area (Å²) >= 11 is 0. The van der Waals surface area contributed by atoms with E-state index in [2.05, 4.69) is 6.58 Å². The molecule has 0 N–H and O–H groups in total. The molecule has 0 radical (unpaired) electrons. The van der Waals surface area contributed by atoms with Crippen LogP contribution in [0.15, 0.2) is 30.9 Å². The van der Waals surface area contributed by atoms with Crippen LogP contribution in [0.1, 0.15) is 12.0 Å². The summed E-state index contributed by atoms with van der Waals surface area (Å²) in [6, 6.07) is 5.65. The third-order valence-corrected chi connectivity index (χ3v) is 2.34. The molecule has 0 heterocycles. The molecule has 1 rings (SSSR count). The molecule has 0 aliphatic heterocycles. The Labute approximate surface area is 95.7 Å². The Morgan fingerprint density at radius 3 is 2.56 bits per heavy atom. The molecule has 0 saturated carbocycles. The van der Waals surface area contributed by atoms with Crippen LogP contribution in [-0.2, 0) is 11.2 Å². The average Bonchev–Trinajstić information content (AvgIpc) is 2.35. The van der Waals surface area contributed by atoms with Crippen molar-refractivity contribution < 1.29 is 14.3 Å². The number of allylic oxidation sites excluding steroid dienone is 1. The van der Waals surface area contributed by atoms with Gasteiger partial charge in [0.1, 0.15) is 0 Å². The van der Waals surface area contributed by atoms with Crippen molar-refractivity contribution in [2.24, 2.45) is 0 Å². The standard InChI is InChI=1S/C13H16O3/c1-4-11(14)7-5-10-6-8-12(15-2)13(9-10)16-3/h4,6,8-9H,1,5,7H2,2-3H3. The zero-order valence-electron chi connectivity index (χ0n) is 9.66. The van der Waals surface area contributed by atoms with Crippen molar-refractivity contribution in [2.75, 3.05) is 14.2 Å². The number of ether oxygens (including phenoxy) is 2. The second-order valence-corrected chi connectivity index (χ2v) is 3.36.